The first-order valence-electron chi connectivity index (χ1n) is 10.9. The third-order valence-electron chi connectivity index (χ3n) is 5.71. The second kappa shape index (κ2) is 10.1. The lowest BCUT2D eigenvalue weighted by atomic mass is 10.0. The molecule has 1 aliphatic heterocycles. The average Bonchev–Trinajstić information content (AvgIpc) is 3.21. The number of likely N-dealkylation sites (tertiary alicyclic amines) is 1. The minimum Gasteiger partial charge on any atom is -0.343 e. The number of amides is 2. The van der Waals surface area contributed by atoms with Crippen LogP contribution in [0, 0.1) is 24.6 Å². The quantitative estimate of drug-likeness (QED) is 0.570. The molecule has 0 saturated carbocycles. The van der Waals surface area contributed by atoms with Gasteiger partial charge in [-0.05, 0) is 49.6 Å². The molecule has 4 rings (SSSR count). The van der Waals surface area contributed by atoms with Crippen molar-refractivity contribution in [2.24, 2.45) is 0 Å². The van der Waals surface area contributed by atoms with Gasteiger partial charge in [0.05, 0.1) is 17.3 Å². The Kier molecular flexibility index (Phi) is 6.94. The molecule has 0 spiro atoms. The molecular formula is C25H23ClFN5O2. The number of hydrogen-bond acceptors (Lipinski definition) is 4. The van der Waals surface area contributed by atoms with E-state index in [-0.39, 0.29) is 28.5 Å². The molecular weight excluding hydrogens is 457 g/mol. The van der Waals surface area contributed by atoms with Gasteiger partial charge in [-0.2, -0.15) is 5.10 Å². The van der Waals surface area contributed by atoms with Crippen molar-refractivity contribution >= 4 is 29.2 Å². The molecule has 0 radical (unpaired) electrons. The van der Waals surface area contributed by atoms with Crippen molar-refractivity contribution in [3.05, 3.63) is 75.9 Å². The Morgan fingerprint density at radius 1 is 1.15 bits per heavy atom. The van der Waals surface area contributed by atoms with Gasteiger partial charge >= 0.3 is 0 Å². The van der Waals surface area contributed by atoms with Crippen molar-refractivity contribution in [3.8, 4) is 11.8 Å². The third kappa shape index (κ3) is 5.26. The van der Waals surface area contributed by atoms with Crippen LogP contribution in [0.2, 0.25) is 5.02 Å². The Morgan fingerprint density at radius 3 is 2.56 bits per heavy atom. The van der Waals surface area contributed by atoms with Crippen molar-refractivity contribution in [3.63, 3.8) is 0 Å². The van der Waals surface area contributed by atoms with Crippen LogP contribution in [-0.4, -0.2) is 44.6 Å². The Labute approximate surface area is 201 Å². The van der Waals surface area contributed by atoms with Crippen LogP contribution in [0.15, 0.2) is 42.7 Å². The lowest BCUT2D eigenvalue weighted by molar-refractivity contribution is -0.130. The van der Waals surface area contributed by atoms with Crippen LogP contribution in [-0.2, 0) is 4.79 Å². The van der Waals surface area contributed by atoms with Crippen LogP contribution in [0.5, 0.6) is 0 Å². The number of carbonyl (C=O) groups is 2. The molecule has 2 amide bonds. The first kappa shape index (κ1) is 23.5. The molecule has 34 heavy (non-hydrogen) atoms. The topological polar surface area (TPSA) is 80.1 Å². The predicted octanol–water partition coefficient (Wildman–Crippen LogP) is 4.21. The monoisotopic (exact) mass is 479 g/mol. The summed E-state index contributed by atoms with van der Waals surface area (Å²) in [5.74, 6) is 5.53. The van der Waals surface area contributed by atoms with Gasteiger partial charge in [-0.1, -0.05) is 29.5 Å². The molecule has 0 aliphatic carbocycles. The molecule has 1 aromatic carbocycles. The lowest BCUT2D eigenvalue weighted by Gasteiger charge is -2.32. The van der Waals surface area contributed by atoms with Gasteiger partial charge < -0.3 is 10.2 Å². The molecule has 1 N–H and O–H groups in total. The highest BCUT2D eigenvalue weighted by Gasteiger charge is 2.28. The number of halogens is 2. The first-order chi connectivity index (χ1) is 16.3. The molecule has 3 heterocycles. The number of carbonyl (C=O) groups excluding carboxylic acids is 2. The summed E-state index contributed by atoms with van der Waals surface area (Å²) in [5.41, 5.74) is 2.18. The number of anilines is 1. The Bertz CT molecular complexity index is 1300. The zero-order valence-corrected chi connectivity index (χ0v) is 19.6. The minimum absolute atomic E-state index is 0.0293. The molecule has 3 aromatic rings. The maximum absolute atomic E-state index is 13.3. The second-order valence-electron chi connectivity index (χ2n) is 8.13. The van der Waals surface area contributed by atoms with E-state index in [4.69, 9.17) is 11.6 Å². The normalized spacial score (nSPS) is 13.8. The zero-order chi connectivity index (χ0) is 24.2. The molecule has 0 atom stereocenters. The van der Waals surface area contributed by atoms with Crippen molar-refractivity contribution in [2.45, 2.75) is 32.7 Å². The number of pyridine rings is 1. The van der Waals surface area contributed by atoms with E-state index in [2.05, 4.69) is 27.2 Å². The predicted molar refractivity (Wildman–Crippen MR) is 127 cm³/mol. The summed E-state index contributed by atoms with van der Waals surface area (Å²) in [6.07, 6.45) is 4.38. The maximum atomic E-state index is 13.3. The van der Waals surface area contributed by atoms with Crippen LogP contribution in [0.3, 0.4) is 0 Å². The number of rotatable bonds is 3. The minimum atomic E-state index is -0.411. The summed E-state index contributed by atoms with van der Waals surface area (Å²) in [7, 11) is 0. The number of hydrogen-bond donors (Lipinski definition) is 1. The molecule has 1 fully saturated rings. The van der Waals surface area contributed by atoms with Crippen molar-refractivity contribution in [1.82, 2.24) is 19.7 Å². The van der Waals surface area contributed by atoms with Crippen LogP contribution in [0.4, 0.5) is 10.2 Å². The van der Waals surface area contributed by atoms with Crippen molar-refractivity contribution in [1.29, 1.82) is 0 Å². The zero-order valence-electron chi connectivity index (χ0n) is 18.8. The lowest BCUT2D eigenvalue weighted by Crippen LogP contribution is -2.38. The number of nitrogens with zero attached hydrogens (tertiary/aromatic N) is 4. The highest BCUT2D eigenvalue weighted by molar-refractivity contribution is 6.34. The summed E-state index contributed by atoms with van der Waals surface area (Å²) >= 11 is 6.31. The van der Waals surface area contributed by atoms with E-state index in [1.807, 2.05) is 6.92 Å². The van der Waals surface area contributed by atoms with Crippen LogP contribution >= 0.6 is 11.6 Å². The first-order valence-corrected chi connectivity index (χ1v) is 11.2. The molecule has 174 valence electrons. The second-order valence-corrected chi connectivity index (χ2v) is 8.53. The summed E-state index contributed by atoms with van der Waals surface area (Å²) < 4.78 is 15.0. The van der Waals surface area contributed by atoms with Gasteiger partial charge in [-0.25, -0.2) is 9.37 Å². The number of benzene rings is 1. The van der Waals surface area contributed by atoms with Crippen molar-refractivity contribution in [2.75, 3.05) is 18.4 Å². The van der Waals surface area contributed by atoms with E-state index < -0.39 is 5.91 Å². The Morgan fingerprint density at radius 2 is 1.88 bits per heavy atom. The molecule has 0 bridgehead atoms. The van der Waals surface area contributed by atoms with Crippen molar-refractivity contribution < 1.29 is 14.0 Å². The van der Waals surface area contributed by atoms with E-state index >= 15 is 0 Å². The van der Waals surface area contributed by atoms with Gasteiger partial charge in [0, 0.05) is 37.3 Å². The van der Waals surface area contributed by atoms with Crippen LogP contribution in [0.1, 0.15) is 53.0 Å². The molecule has 2 aromatic heterocycles. The smallest absolute Gasteiger partial charge is 0.276 e. The third-order valence-corrected chi connectivity index (χ3v) is 5.98. The summed E-state index contributed by atoms with van der Waals surface area (Å²) in [6, 6.07) is 7.82. The van der Waals surface area contributed by atoms with Gasteiger partial charge in [0.25, 0.3) is 5.91 Å². The van der Waals surface area contributed by atoms with Crippen LogP contribution < -0.4 is 5.32 Å². The fourth-order valence-corrected chi connectivity index (χ4v) is 4.12. The Balaban J connectivity index is 1.48. The van der Waals surface area contributed by atoms with Gasteiger partial charge in [-0.15, -0.1) is 0 Å². The van der Waals surface area contributed by atoms with E-state index in [0.29, 0.717) is 42.9 Å². The summed E-state index contributed by atoms with van der Waals surface area (Å²) in [4.78, 5) is 30.8. The standard InChI is InChI=1S/C25H23ClFN5O2/c1-16-12-19(7-6-18-4-3-5-20(27)13-18)14-28-24(16)30-25(34)23-22(26)15-29-32(23)21-8-10-31(11-9-21)17(2)33/h3-5,12-15,21H,8-11H2,1-2H3,(H,28,30,34). The van der Waals surface area contributed by atoms with E-state index in [1.54, 1.807) is 40.9 Å². The highest BCUT2D eigenvalue weighted by atomic mass is 35.5. The van der Waals surface area contributed by atoms with E-state index in [1.165, 1.54) is 18.3 Å². The number of aryl methyl sites for hydroxylation is 1. The average molecular weight is 480 g/mol. The van der Waals surface area contributed by atoms with E-state index in [9.17, 15) is 14.0 Å². The SMILES string of the molecule is CC(=O)N1CCC(n2ncc(Cl)c2C(=O)Nc2ncc(C#Cc3cccc(F)c3)cc2C)CC1. The number of piperidine rings is 1. The van der Waals surface area contributed by atoms with Gasteiger partial charge in [-0.3, -0.25) is 14.3 Å². The Hall–Kier alpha value is -3.70. The van der Waals surface area contributed by atoms with Gasteiger partial charge in [0.1, 0.15) is 17.3 Å². The molecule has 0 unspecified atom stereocenters. The fourth-order valence-electron chi connectivity index (χ4n) is 3.91. The van der Waals surface area contributed by atoms with Crippen LogP contribution in [0.25, 0.3) is 0 Å². The summed E-state index contributed by atoms with van der Waals surface area (Å²) in [6.45, 7) is 4.58. The van der Waals surface area contributed by atoms with E-state index in [0.717, 1.165) is 5.56 Å². The highest BCUT2D eigenvalue weighted by Crippen LogP contribution is 2.27. The fraction of sp³-hybridized carbons (Fsp3) is 0.280. The van der Waals surface area contributed by atoms with Gasteiger partial charge in [0.15, 0.2) is 0 Å². The molecule has 1 aliphatic rings. The number of nitrogens with one attached hydrogen (secondary N) is 1. The van der Waals surface area contributed by atoms with Gasteiger partial charge in [0.2, 0.25) is 5.91 Å². The molecule has 1 saturated heterocycles. The summed E-state index contributed by atoms with van der Waals surface area (Å²) in [5, 5.41) is 7.39. The maximum Gasteiger partial charge on any atom is 0.276 e. The largest absolute Gasteiger partial charge is 0.343 e. The number of aromatic nitrogens is 3. The molecule has 9 heteroatoms. The molecule has 7 nitrogen and oxygen atoms in total.